The number of H-pyrrole nitrogens is 1. The van der Waals surface area contributed by atoms with Gasteiger partial charge in [-0.05, 0) is 48.4 Å². The lowest BCUT2D eigenvalue weighted by molar-refractivity contribution is -0.113. The number of aromatic nitrogens is 2. The molecule has 0 saturated heterocycles. The molecule has 3 aromatic carbocycles. The molecule has 0 unspecified atom stereocenters. The number of aromatic amines is 1. The Kier molecular flexibility index (Phi) is 7.89. The SMILES string of the molecule is COc1ccc(CCNC(=O)c2ccccc2NC(=O)CSc2nc3ccc(OC)cc3[nH]2)cc1. The van der Waals surface area contributed by atoms with Crippen molar-refractivity contribution in [3.63, 3.8) is 0 Å². The second-order valence-electron chi connectivity index (χ2n) is 7.66. The zero-order valence-corrected chi connectivity index (χ0v) is 20.3. The number of ether oxygens (including phenoxy) is 2. The van der Waals surface area contributed by atoms with Gasteiger partial charge < -0.3 is 25.1 Å². The molecule has 0 aliphatic heterocycles. The second kappa shape index (κ2) is 11.4. The quantitative estimate of drug-likeness (QED) is 0.287. The predicted molar refractivity (Wildman–Crippen MR) is 137 cm³/mol. The molecule has 0 fully saturated rings. The number of rotatable bonds is 10. The first-order valence-electron chi connectivity index (χ1n) is 11.0. The van der Waals surface area contributed by atoms with E-state index in [1.165, 1.54) is 11.8 Å². The summed E-state index contributed by atoms with van der Waals surface area (Å²) >= 11 is 1.29. The van der Waals surface area contributed by atoms with Gasteiger partial charge >= 0.3 is 0 Å². The van der Waals surface area contributed by atoms with Crippen LogP contribution in [0, 0.1) is 0 Å². The summed E-state index contributed by atoms with van der Waals surface area (Å²) in [4.78, 5) is 33.0. The topological polar surface area (TPSA) is 105 Å². The third kappa shape index (κ3) is 6.33. The Morgan fingerprint density at radius 1 is 0.971 bits per heavy atom. The van der Waals surface area contributed by atoms with Crippen LogP contribution in [0.3, 0.4) is 0 Å². The summed E-state index contributed by atoms with van der Waals surface area (Å²) in [5, 5.41) is 6.39. The Bertz CT molecular complexity index is 1320. The van der Waals surface area contributed by atoms with Crippen LogP contribution in [0.2, 0.25) is 0 Å². The summed E-state index contributed by atoms with van der Waals surface area (Å²) in [6, 6.07) is 20.2. The van der Waals surface area contributed by atoms with Crippen LogP contribution < -0.4 is 20.1 Å². The number of nitrogens with one attached hydrogen (secondary N) is 3. The smallest absolute Gasteiger partial charge is 0.253 e. The van der Waals surface area contributed by atoms with Crippen LogP contribution in [0.5, 0.6) is 11.5 Å². The molecule has 0 atom stereocenters. The molecular weight excluding hydrogens is 464 g/mol. The molecule has 0 aliphatic carbocycles. The van der Waals surface area contributed by atoms with Crippen molar-refractivity contribution >= 4 is 40.3 Å². The maximum atomic E-state index is 12.8. The molecule has 180 valence electrons. The normalized spacial score (nSPS) is 10.7. The lowest BCUT2D eigenvalue weighted by Gasteiger charge is -2.11. The number of hydrogen-bond acceptors (Lipinski definition) is 6. The predicted octanol–water partition coefficient (Wildman–Crippen LogP) is 4.28. The lowest BCUT2D eigenvalue weighted by atomic mass is 10.1. The van der Waals surface area contributed by atoms with Crippen LogP contribution >= 0.6 is 11.8 Å². The Balaban J connectivity index is 1.31. The fourth-order valence-electron chi connectivity index (χ4n) is 3.48. The van der Waals surface area contributed by atoms with Gasteiger partial charge in [0.25, 0.3) is 5.91 Å². The summed E-state index contributed by atoms with van der Waals surface area (Å²) in [6.07, 6.45) is 0.685. The molecule has 35 heavy (non-hydrogen) atoms. The number of hydrogen-bond donors (Lipinski definition) is 3. The molecule has 1 heterocycles. The summed E-state index contributed by atoms with van der Waals surface area (Å²) in [5.74, 6) is 1.19. The molecule has 0 spiro atoms. The number of amides is 2. The van der Waals surface area contributed by atoms with Crippen molar-refractivity contribution in [2.24, 2.45) is 0 Å². The van der Waals surface area contributed by atoms with Crippen molar-refractivity contribution in [3.05, 3.63) is 77.9 Å². The Morgan fingerprint density at radius 3 is 2.49 bits per heavy atom. The van der Waals surface area contributed by atoms with Gasteiger partial charge in [0, 0.05) is 12.6 Å². The molecular formula is C26H26N4O4S. The molecule has 4 aromatic rings. The number of methoxy groups -OCH3 is 2. The van der Waals surface area contributed by atoms with E-state index in [0.29, 0.717) is 29.4 Å². The fourth-order valence-corrected chi connectivity index (χ4v) is 4.16. The average Bonchev–Trinajstić information content (AvgIpc) is 3.30. The molecule has 4 rings (SSSR count). The Morgan fingerprint density at radius 2 is 1.71 bits per heavy atom. The fraction of sp³-hybridized carbons (Fsp3) is 0.192. The molecule has 0 aliphatic rings. The minimum atomic E-state index is -0.242. The monoisotopic (exact) mass is 490 g/mol. The van der Waals surface area contributed by atoms with Gasteiger partial charge in [0.1, 0.15) is 11.5 Å². The first-order chi connectivity index (χ1) is 17.1. The highest BCUT2D eigenvalue weighted by Gasteiger charge is 2.14. The standard InChI is InChI=1S/C26H26N4O4S/c1-33-18-9-7-17(8-10-18)13-14-27-25(32)20-5-3-4-6-21(20)28-24(31)16-35-26-29-22-12-11-19(34-2)15-23(22)30-26/h3-12,15H,13-14,16H2,1-2H3,(H,27,32)(H,28,31)(H,29,30). The summed E-state index contributed by atoms with van der Waals surface area (Å²) in [7, 11) is 3.23. The van der Waals surface area contributed by atoms with E-state index in [2.05, 4.69) is 20.6 Å². The number of para-hydroxylation sites is 1. The third-order valence-electron chi connectivity index (χ3n) is 5.31. The summed E-state index contributed by atoms with van der Waals surface area (Å²) in [5.41, 5.74) is 3.61. The molecule has 0 radical (unpaired) electrons. The van der Waals surface area contributed by atoms with Gasteiger partial charge in [-0.15, -0.1) is 0 Å². The second-order valence-corrected chi connectivity index (χ2v) is 8.63. The van der Waals surface area contributed by atoms with Crippen molar-refractivity contribution in [2.45, 2.75) is 11.6 Å². The van der Waals surface area contributed by atoms with Gasteiger partial charge in [-0.2, -0.15) is 0 Å². The van der Waals surface area contributed by atoms with E-state index >= 15 is 0 Å². The number of imidazole rings is 1. The lowest BCUT2D eigenvalue weighted by Crippen LogP contribution is -2.27. The van der Waals surface area contributed by atoms with Crippen LogP contribution in [0.1, 0.15) is 15.9 Å². The van der Waals surface area contributed by atoms with Crippen LogP contribution in [-0.4, -0.2) is 48.3 Å². The first-order valence-corrected chi connectivity index (χ1v) is 12.0. The highest BCUT2D eigenvalue weighted by Crippen LogP contribution is 2.23. The number of carbonyl (C=O) groups is 2. The summed E-state index contributed by atoms with van der Waals surface area (Å²) in [6.45, 7) is 0.472. The van der Waals surface area contributed by atoms with Gasteiger partial charge in [-0.1, -0.05) is 36.0 Å². The maximum Gasteiger partial charge on any atom is 0.253 e. The number of fused-ring (bicyclic) bond motifs is 1. The molecule has 8 nitrogen and oxygen atoms in total. The van der Waals surface area contributed by atoms with E-state index in [-0.39, 0.29) is 17.6 Å². The van der Waals surface area contributed by atoms with Crippen LogP contribution in [-0.2, 0) is 11.2 Å². The molecule has 2 amide bonds. The minimum absolute atomic E-state index is 0.143. The van der Waals surface area contributed by atoms with E-state index < -0.39 is 0 Å². The highest BCUT2D eigenvalue weighted by molar-refractivity contribution is 7.99. The zero-order valence-electron chi connectivity index (χ0n) is 19.5. The minimum Gasteiger partial charge on any atom is -0.497 e. The largest absolute Gasteiger partial charge is 0.497 e. The van der Waals surface area contributed by atoms with Crippen molar-refractivity contribution < 1.29 is 19.1 Å². The van der Waals surface area contributed by atoms with E-state index in [1.807, 2.05) is 42.5 Å². The first kappa shape index (κ1) is 24.2. The molecule has 0 saturated carbocycles. The number of benzene rings is 3. The summed E-state index contributed by atoms with van der Waals surface area (Å²) < 4.78 is 10.4. The Hall–Kier alpha value is -3.98. The van der Waals surface area contributed by atoms with Crippen molar-refractivity contribution in [1.29, 1.82) is 0 Å². The number of nitrogens with zero attached hydrogens (tertiary/aromatic N) is 1. The van der Waals surface area contributed by atoms with Gasteiger partial charge in [-0.25, -0.2) is 4.98 Å². The van der Waals surface area contributed by atoms with Crippen LogP contribution in [0.25, 0.3) is 11.0 Å². The van der Waals surface area contributed by atoms with Crippen molar-refractivity contribution in [2.75, 3.05) is 31.8 Å². The van der Waals surface area contributed by atoms with Crippen molar-refractivity contribution in [1.82, 2.24) is 15.3 Å². The van der Waals surface area contributed by atoms with Crippen molar-refractivity contribution in [3.8, 4) is 11.5 Å². The van der Waals surface area contributed by atoms with E-state index in [9.17, 15) is 9.59 Å². The molecule has 0 bridgehead atoms. The van der Waals surface area contributed by atoms with E-state index in [4.69, 9.17) is 9.47 Å². The van der Waals surface area contributed by atoms with Gasteiger partial charge in [0.15, 0.2) is 5.16 Å². The van der Waals surface area contributed by atoms with E-state index in [1.54, 1.807) is 38.5 Å². The molecule has 1 aromatic heterocycles. The van der Waals surface area contributed by atoms with E-state index in [0.717, 1.165) is 28.1 Å². The molecule has 9 heteroatoms. The molecule has 3 N–H and O–H groups in total. The number of anilines is 1. The zero-order chi connectivity index (χ0) is 24.6. The number of carbonyl (C=O) groups excluding carboxylic acids is 2. The number of thioether (sulfide) groups is 1. The van der Waals surface area contributed by atoms with Gasteiger partial charge in [-0.3, -0.25) is 9.59 Å². The van der Waals surface area contributed by atoms with Gasteiger partial charge in [0.05, 0.1) is 42.3 Å². The van der Waals surface area contributed by atoms with Crippen LogP contribution in [0.15, 0.2) is 71.9 Å². The highest BCUT2D eigenvalue weighted by atomic mass is 32.2. The van der Waals surface area contributed by atoms with Crippen LogP contribution in [0.4, 0.5) is 5.69 Å². The third-order valence-corrected chi connectivity index (χ3v) is 6.18. The Labute approximate surface area is 207 Å². The maximum absolute atomic E-state index is 12.8. The average molecular weight is 491 g/mol. The van der Waals surface area contributed by atoms with Gasteiger partial charge in [0.2, 0.25) is 5.91 Å².